The van der Waals surface area contributed by atoms with Gasteiger partial charge in [0.05, 0.1) is 6.10 Å². The Hall–Kier alpha value is -0.940. The van der Waals surface area contributed by atoms with E-state index in [1.54, 1.807) is 0 Å². The molecule has 0 bridgehead atoms. The van der Waals surface area contributed by atoms with Crippen molar-refractivity contribution >= 4 is 0 Å². The van der Waals surface area contributed by atoms with Crippen LogP contribution in [-0.2, 0) is 11.3 Å². The van der Waals surface area contributed by atoms with Gasteiger partial charge in [0.2, 0.25) is 5.89 Å². The van der Waals surface area contributed by atoms with Gasteiger partial charge in [-0.15, -0.1) is 0 Å². The molecule has 1 aromatic heterocycles. The first-order valence-corrected chi connectivity index (χ1v) is 5.86. The average Bonchev–Trinajstić information content (AvgIpc) is 2.83. The fraction of sp³-hybridized carbons (Fsp3) is 0.818. The lowest BCUT2D eigenvalue weighted by Crippen LogP contribution is -2.31. The molecule has 1 saturated carbocycles. The number of aromatic nitrogens is 2. The lowest BCUT2D eigenvalue weighted by atomic mass is 10.2. The van der Waals surface area contributed by atoms with E-state index in [2.05, 4.69) is 10.1 Å². The molecule has 0 spiro atoms. The van der Waals surface area contributed by atoms with Crippen molar-refractivity contribution in [3.63, 3.8) is 0 Å². The Balaban J connectivity index is 1.84. The summed E-state index contributed by atoms with van der Waals surface area (Å²) in [5.41, 5.74) is 5.91. The van der Waals surface area contributed by atoms with Gasteiger partial charge in [-0.05, 0) is 19.3 Å². The lowest BCUT2D eigenvalue weighted by molar-refractivity contribution is 0.0310. The van der Waals surface area contributed by atoms with Crippen LogP contribution in [0, 0.1) is 0 Å². The summed E-state index contributed by atoms with van der Waals surface area (Å²) in [4.78, 5) is 4.25. The summed E-state index contributed by atoms with van der Waals surface area (Å²) < 4.78 is 10.8. The zero-order valence-corrected chi connectivity index (χ0v) is 9.85. The van der Waals surface area contributed by atoms with Gasteiger partial charge < -0.3 is 15.0 Å². The van der Waals surface area contributed by atoms with E-state index < -0.39 is 0 Å². The van der Waals surface area contributed by atoms with Crippen LogP contribution in [0.1, 0.15) is 50.7 Å². The quantitative estimate of drug-likeness (QED) is 0.842. The van der Waals surface area contributed by atoms with Gasteiger partial charge in [-0.3, -0.25) is 0 Å². The molecule has 5 nitrogen and oxygen atoms in total. The normalized spacial score (nSPS) is 25.5. The number of rotatable bonds is 4. The van der Waals surface area contributed by atoms with Crippen molar-refractivity contribution in [3.05, 3.63) is 11.7 Å². The average molecular weight is 225 g/mol. The molecular formula is C11H19N3O2. The first kappa shape index (κ1) is 11.5. The van der Waals surface area contributed by atoms with Crippen molar-refractivity contribution in [1.29, 1.82) is 0 Å². The fourth-order valence-electron chi connectivity index (χ4n) is 1.90. The summed E-state index contributed by atoms with van der Waals surface area (Å²) in [6.45, 7) is 4.44. The molecule has 0 amide bonds. The highest BCUT2D eigenvalue weighted by atomic mass is 16.5. The highest BCUT2D eigenvalue weighted by molar-refractivity contribution is 4.90. The zero-order valence-electron chi connectivity index (χ0n) is 9.85. The van der Waals surface area contributed by atoms with Crippen molar-refractivity contribution in [3.8, 4) is 0 Å². The molecule has 2 atom stereocenters. The molecule has 1 fully saturated rings. The van der Waals surface area contributed by atoms with Crippen LogP contribution in [0.4, 0.5) is 0 Å². The van der Waals surface area contributed by atoms with Gasteiger partial charge in [0.1, 0.15) is 6.61 Å². The predicted molar refractivity (Wildman–Crippen MR) is 58.8 cm³/mol. The number of hydrogen-bond acceptors (Lipinski definition) is 5. The molecule has 0 saturated heterocycles. The molecule has 90 valence electrons. The second-order valence-electron chi connectivity index (χ2n) is 4.65. The van der Waals surface area contributed by atoms with Crippen LogP contribution >= 0.6 is 0 Å². The smallest absolute Gasteiger partial charge is 0.229 e. The molecule has 2 N–H and O–H groups in total. The third kappa shape index (κ3) is 2.59. The zero-order chi connectivity index (χ0) is 11.5. The third-order valence-electron chi connectivity index (χ3n) is 2.91. The van der Waals surface area contributed by atoms with E-state index in [1.165, 1.54) is 0 Å². The summed E-state index contributed by atoms with van der Waals surface area (Å²) in [5, 5.41) is 3.87. The van der Waals surface area contributed by atoms with Gasteiger partial charge in [0.15, 0.2) is 5.82 Å². The highest BCUT2D eigenvalue weighted by Crippen LogP contribution is 2.21. The third-order valence-corrected chi connectivity index (χ3v) is 2.91. The van der Waals surface area contributed by atoms with E-state index in [9.17, 15) is 0 Å². The maximum atomic E-state index is 5.91. The summed E-state index contributed by atoms with van der Waals surface area (Å²) in [7, 11) is 0. The highest BCUT2D eigenvalue weighted by Gasteiger charge is 2.25. The molecule has 0 aliphatic heterocycles. The van der Waals surface area contributed by atoms with Gasteiger partial charge in [-0.25, -0.2) is 0 Å². The second-order valence-corrected chi connectivity index (χ2v) is 4.65. The minimum Gasteiger partial charge on any atom is -0.368 e. The second kappa shape index (κ2) is 4.93. The van der Waals surface area contributed by atoms with Crippen LogP contribution in [0.2, 0.25) is 0 Å². The molecule has 5 heteroatoms. The van der Waals surface area contributed by atoms with Crippen LogP contribution in [0.15, 0.2) is 4.52 Å². The van der Waals surface area contributed by atoms with E-state index in [0.717, 1.165) is 19.3 Å². The van der Waals surface area contributed by atoms with Crippen molar-refractivity contribution in [1.82, 2.24) is 10.1 Å². The number of ether oxygens (including phenoxy) is 1. The van der Waals surface area contributed by atoms with Gasteiger partial charge >= 0.3 is 0 Å². The summed E-state index contributed by atoms with van der Waals surface area (Å²) in [5.74, 6) is 1.53. The summed E-state index contributed by atoms with van der Waals surface area (Å²) in [6.07, 6.45) is 3.39. The molecule has 0 aromatic carbocycles. The van der Waals surface area contributed by atoms with Crippen molar-refractivity contribution in [2.24, 2.45) is 5.73 Å². The minimum atomic E-state index is 0.154. The van der Waals surface area contributed by atoms with Gasteiger partial charge in [0, 0.05) is 12.0 Å². The summed E-state index contributed by atoms with van der Waals surface area (Å²) in [6, 6.07) is 0.163. The van der Waals surface area contributed by atoms with Crippen LogP contribution < -0.4 is 5.73 Å². The van der Waals surface area contributed by atoms with Crippen molar-refractivity contribution in [2.75, 3.05) is 0 Å². The van der Waals surface area contributed by atoms with Crippen LogP contribution in [0.3, 0.4) is 0 Å². The molecular weight excluding hydrogens is 206 g/mol. The Labute approximate surface area is 95.3 Å². The Kier molecular flexibility index (Phi) is 3.56. The Morgan fingerprint density at radius 1 is 1.50 bits per heavy atom. The topological polar surface area (TPSA) is 74.2 Å². The van der Waals surface area contributed by atoms with E-state index in [1.807, 2.05) is 13.8 Å². The number of nitrogens with zero attached hydrogens (tertiary/aromatic N) is 2. The SMILES string of the molecule is CC(C)c1nc(COC2CCCC2N)no1. The van der Waals surface area contributed by atoms with E-state index in [-0.39, 0.29) is 18.1 Å². The fourth-order valence-corrected chi connectivity index (χ4v) is 1.90. The van der Waals surface area contributed by atoms with E-state index >= 15 is 0 Å². The molecule has 1 aliphatic rings. The predicted octanol–water partition coefficient (Wildman–Crippen LogP) is 1.59. The molecule has 1 aliphatic carbocycles. The molecule has 2 unspecified atom stereocenters. The first-order chi connectivity index (χ1) is 7.66. The standard InChI is InChI=1S/C11H19N3O2/c1-7(2)11-13-10(14-16-11)6-15-9-5-3-4-8(9)12/h7-9H,3-6,12H2,1-2H3. The summed E-state index contributed by atoms with van der Waals surface area (Å²) >= 11 is 0. The lowest BCUT2D eigenvalue weighted by Gasteiger charge is -2.14. The van der Waals surface area contributed by atoms with E-state index in [0.29, 0.717) is 18.3 Å². The monoisotopic (exact) mass is 225 g/mol. The number of nitrogens with two attached hydrogens (primary N) is 1. The molecule has 0 radical (unpaired) electrons. The Bertz CT molecular complexity index is 338. The van der Waals surface area contributed by atoms with E-state index in [4.69, 9.17) is 15.0 Å². The van der Waals surface area contributed by atoms with Crippen molar-refractivity contribution in [2.45, 2.75) is 57.8 Å². The Morgan fingerprint density at radius 2 is 2.31 bits per heavy atom. The molecule has 2 rings (SSSR count). The van der Waals surface area contributed by atoms with Crippen molar-refractivity contribution < 1.29 is 9.26 Å². The first-order valence-electron chi connectivity index (χ1n) is 5.86. The number of hydrogen-bond donors (Lipinski definition) is 1. The van der Waals surface area contributed by atoms with Gasteiger partial charge in [-0.1, -0.05) is 19.0 Å². The maximum Gasteiger partial charge on any atom is 0.229 e. The molecule has 1 aromatic rings. The maximum absolute atomic E-state index is 5.91. The molecule has 16 heavy (non-hydrogen) atoms. The van der Waals surface area contributed by atoms with Crippen LogP contribution in [0.25, 0.3) is 0 Å². The van der Waals surface area contributed by atoms with Crippen LogP contribution in [0.5, 0.6) is 0 Å². The van der Waals surface area contributed by atoms with Crippen LogP contribution in [-0.4, -0.2) is 22.3 Å². The van der Waals surface area contributed by atoms with Gasteiger partial charge in [-0.2, -0.15) is 4.98 Å². The Morgan fingerprint density at radius 3 is 2.88 bits per heavy atom. The molecule has 1 heterocycles. The minimum absolute atomic E-state index is 0.154. The van der Waals surface area contributed by atoms with Gasteiger partial charge in [0.25, 0.3) is 0 Å². The largest absolute Gasteiger partial charge is 0.368 e.